The maximum atomic E-state index is 12.9. The highest BCUT2D eigenvalue weighted by Gasteiger charge is 2.31. The van der Waals surface area contributed by atoms with Gasteiger partial charge in [0, 0.05) is 38.4 Å². The van der Waals surface area contributed by atoms with Crippen LogP contribution < -0.4 is 10.2 Å². The fourth-order valence-electron chi connectivity index (χ4n) is 4.78. The number of carbonyl (C=O) groups is 1. The first-order chi connectivity index (χ1) is 16.0. The Kier molecular flexibility index (Phi) is 8.04. The van der Waals surface area contributed by atoms with E-state index in [1.54, 1.807) is 0 Å². The third-order valence-corrected chi connectivity index (χ3v) is 8.66. The number of sulfonamides is 1. The predicted octanol–water partition coefficient (Wildman–Crippen LogP) is 3.58. The summed E-state index contributed by atoms with van der Waals surface area (Å²) in [5.41, 5.74) is 3.45. The Hall–Kier alpha value is -2.38. The lowest BCUT2D eigenvalue weighted by Gasteiger charge is -2.31. The molecule has 2 saturated heterocycles. The summed E-state index contributed by atoms with van der Waals surface area (Å²) in [4.78, 5) is 15.2. The van der Waals surface area contributed by atoms with Crippen molar-refractivity contribution in [3.63, 3.8) is 0 Å². The third-order valence-electron chi connectivity index (χ3n) is 6.73. The number of nitrogens with zero attached hydrogens (tertiary/aromatic N) is 2. The van der Waals surface area contributed by atoms with Crippen LogP contribution in [-0.2, 0) is 27.8 Å². The largest absolute Gasteiger partial charge is 0.372 e. The van der Waals surface area contributed by atoms with E-state index in [0.29, 0.717) is 19.5 Å². The van der Waals surface area contributed by atoms with Crippen molar-refractivity contribution in [3.05, 3.63) is 65.7 Å². The van der Waals surface area contributed by atoms with Crippen LogP contribution in [0.1, 0.15) is 43.2 Å². The zero-order valence-corrected chi connectivity index (χ0v) is 20.1. The average Bonchev–Trinajstić information content (AvgIpc) is 3.39. The number of hydrogen-bond donors (Lipinski definition) is 1. The second-order valence-electron chi connectivity index (χ2n) is 9.18. The van der Waals surface area contributed by atoms with Gasteiger partial charge in [0.05, 0.1) is 11.7 Å². The van der Waals surface area contributed by atoms with Crippen molar-refractivity contribution >= 4 is 21.6 Å². The van der Waals surface area contributed by atoms with Gasteiger partial charge in [0.15, 0.2) is 0 Å². The van der Waals surface area contributed by atoms with Gasteiger partial charge in [-0.15, -0.1) is 0 Å². The molecular formula is C26H35N3O3S. The lowest BCUT2D eigenvalue weighted by atomic mass is 9.98. The SMILES string of the molecule is O=C(NCc1ccc(N2CCCC2)cc1)[C@@H]1CCCN(S(=O)(=O)CCCc2ccccc2)C1. The molecule has 1 N–H and O–H groups in total. The van der Waals surface area contributed by atoms with Gasteiger partial charge in [-0.3, -0.25) is 4.79 Å². The van der Waals surface area contributed by atoms with Crippen LogP contribution in [-0.4, -0.2) is 50.6 Å². The van der Waals surface area contributed by atoms with E-state index in [0.717, 1.165) is 43.5 Å². The first-order valence-corrected chi connectivity index (χ1v) is 13.8. The summed E-state index contributed by atoms with van der Waals surface area (Å²) >= 11 is 0. The predicted molar refractivity (Wildman–Crippen MR) is 133 cm³/mol. The molecule has 1 atom stereocenters. The average molecular weight is 470 g/mol. The molecule has 2 fully saturated rings. The maximum Gasteiger partial charge on any atom is 0.224 e. The van der Waals surface area contributed by atoms with Crippen LogP contribution in [0, 0.1) is 5.92 Å². The van der Waals surface area contributed by atoms with Crippen molar-refractivity contribution in [2.24, 2.45) is 5.92 Å². The Bertz CT molecular complexity index is 1000. The lowest BCUT2D eigenvalue weighted by molar-refractivity contribution is -0.126. The van der Waals surface area contributed by atoms with Crippen LogP contribution in [0.2, 0.25) is 0 Å². The smallest absolute Gasteiger partial charge is 0.224 e. The number of anilines is 1. The molecule has 0 bridgehead atoms. The number of nitrogens with one attached hydrogen (secondary N) is 1. The van der Waals surface area contributed by atoms with Gasteiger partial charge in [-0.05, 0) is 61.8 Å². The van der Waals surface area contributed by atoms with Crippen molar-refractivity contribution in [2.75, 3.05) is 36.8 Å². The fourth-order valence-corrected chi connectivity index (χ4v) is 6.36. The quantitative estimate of drug-likeness (QED) is 0.610. The first-order valence-electron chi connectivity index (χ1n) is 12.1. The topological polar surface area (TPSA) is 69.7 Å². The molecule has 2 heterocycles. The monoisotopic (exact) mass is 469 g/mol. The van der Waals surface area contributed by atoms with Crippen LogP contribution in [0.15, 0.2) is 54.6 Å². The molecule has 2 aromatic carbocycles. The Labute approximate surface area is 198 Å². The van der Waals surface area contributed by atoms with E-state index in [1.807, 2.05) is 30.3 Å². The molecule has 0 saturated carbocycles. The summed E-state index contributed by atoms with van der Waals surface area (Å²) in [7, 11) is -3.35. The van der Waals surface area contributed by atoms with Gasteiger partial charge in [0.25, 0.3) is 0 Å². The Morgan fingerprint density at radius 1 is 0.909 bits per heavy atom. The van der Waals surface area contributed by atoms with E-state index in [-0.39, 0.29) is 24.1 Å². The van der Waals surface area contributed by atoms with E-state index >= 15 is 0 Å². The zero-order valence-electron chi connectivity index (χ0n) is 19.3. The molecular weight excluding hydrogens is 434 g/mol. The minimum atomic E-state index is -3.35. The van der Waals surface area contributed by atoms with Crippen LogP contribution in [0.25, 0.3) is 0 Å². The van der Waals surface area contributed by atoms with Gasteiger partial charge < -0.3 is 10.2 Å². The number of aryl methyl sites for hydroxylation is 1. The molecule has 1 amide bonds. The summed E-state index contributed by atoms with van der Waals surface area (Å²) in [5, 5.41) is 3.02. The number of carbonyl (C=O) groups excluding carboxylic acids is 1. The van der Waals surface area contributed by atoms with Crippen LogP contribution in [0.3, 0.4) is 0 Å². The van der Waals surface area contributed by atoms with Gasteiger partial charge in [-0.2, -0.15) is 0 Å². The highest BCUT2D eigenvalue weighted by Crippen LogP contribution is 2.22. The first kappa shape index (κ1) is 23.8. The maximum absolute atomic E-state index is 12.9. The molecule has 33 heavy (non-hydrogen) atoms. The third kappa shape index (κ3) is 6.58. The van der Waals surface area contributed by atoms with E-state index < -0.39 is 10.0 Å². The molecule has 2 aromatic rings. The molecule has 0 unspecified atom stereocenters. The van der Waals surface area contributed by atoms with Gasteiger partial charge >= 0.3 is 0 Å². The Balaban J connectivity index is 1.24. The number of rotatable bonds is 9. The fraction of sp³-hybridized carbons (Fsp3) is 0.500. The van der Waals surface area contributed by atoms with Crippen LogP contribution in [0.4, 0.5) is 5.69 Å². The minimum Gasteiger partial charge on any atom is -0.372 e. The zero-order chi connectivity index (χ0) is 23.1. The summed E-state index contributed by atoms with van der Waals surface area (Å²) in [6.07, 6.45) is 5.29. The molecule has 6 nitrogen and oxygen atoms in total. The second kappa shape index (κ2) is 11.2. The van der Waals surface area contributed by atoms with E-state index in [9.17, 15) is 13.2 Å². The second-order valence-corrected chi connectivity index (χ2v) is 11.3. The van der Waals surface area contributed by atoms with Gasteiger partial charge in [0.2, 0.25) is 15.9 Å². The number of benzene rings is 2. The molecule has 2 aliphatic rings. The number of amides is 1. The van der Waals surface area contributed by atoms with E-state index in [1.165, 1.54) is 22.8 Å². The Morgan fingerprint density at radius 3 is 2.36 bits per heavy atom. The van der Waals surface area contributed by atoms with Crippen molar-refractivity contribution < 1.29 is 13.2 Å². The van der Waals surface area contributed by atoms with Crippen molar-refractivity contribution in [3.8, 4) is 0 Å². The standard InChI is InChI=1S/C26H35N3O3S/c30-26(27-20-23-12-14-25(15-13-23)28-16-4-5-17-28)24-11-6-18-29(21-24)33(31,32)19-7-10-22-8-2-1-3-9-22/h1-3,8-9,12-15,24H,4-7,10-11,16-21H2,(H,27,30)/t24-/m1/s1. The molecule has 0 spiro atoms. The van der Waals surface area contributed by atoms with Crippen molar-refractivity contribution in [2.45, 2.75) is 45.1 Å². The van der Waals surface area contributed by atoms with Gasteiger partial charge in [-0.1, -0.05) is 42.5 Å². The molecule has 7 heteroatoms. The summed E-state index contributed by atoms with van der Waals surface area (Å²) in [5.74, 6) is -0.214. The summed E-state index contributed by atoms with van der Waals surface area (Å²) < 4.78 is 27.2. The van der Waals surface area contributed by atoms with Crippen molar-refractivity contribution in [1.29, 1.82) is 0 Å². The minimum absolute atomic E-state index is 0.0530. The van der Waals surface area contributed by atoms with Gasteiger partial charge in [-0.25, -0.2) is 12.7 Å². The lowest BCUT2D eigenvalue weighted by Crippen LogP contribution is -2.46. The van der Waals surface area contributed by atoms with E-state index in [4.69, 9.17) is 0 Å². The molecule has 0 aromatic heterocycles. The van der Waals surface area contributed by atoms with Crippen molar-refractivity contribution in [1.82, 2.24) is 9.62 Å². The molecule has 4 rings (SSSR count). The molecule has 2 aliphatic heterocycles. The number of hydrogen-bond acceptors (Lipinski definition) is 4. The molecule has 0 radical (unpaired) electrons. The normalized spacial score (nSPS) is 19.5. The van der Waals surface area contributed by atoms with Crippen LogP contribution in [0.5, 0.6) is 0 Å². The summed E-state index contributed by atoms with van der Waals surface area (Å²) in [6.45, 7) is 3.50. The number of piperidine rings is 1. The summed E-state index contributed by atoms with van der Waals surface area (Å²) in [6, 6.07) is 18.3. The molecule has 0 aliphatic carbocycles. The highest BCUT2D eigenvalue weighted by atomic mass is 32.2. The molecule has 178 valence electrons. The van der Waals surface area contributed by atoms with E-state index in [2.05, 4.69) is 34.5 Å². The Morgan fingerprint density at radius 2 is 1.64 bits per heavy atom. The highest BCUT2D eigenvalue weighted by molar-refractivity contribution is 7.89. The van der Waals surface area contributed by atoms with Crippen LogP contribution >= 0.6 is 0 Å². The van der Waals surface area contributed by atoms with Gasteiger partial charge in [0.1, 0.15) is 0 Å².